The van der Waals surface area contributed by atoms with E-state index in [9.17, 15) is 9.18 Å². The van der Waals surface area contributed by atoms with Crippen molar-refractivity contribution in [1.29, 1.82) is 0 Å². The van der Waals surface area contributed by atoms with Gasteiger partial charge in [-0.15, -0.1) is 0 Å². The molecule has 2 heterocycles. The number of hydrogen-bond donors (Lipinski definition) is 2. The number of nitrogens with zero attached hydrogens (tertiary/aromatic N) is 3. The van der Waals surface area contributed by atoms with E-state index in [0.717, 1.165) is 41.9 Å². The fourth-order valence-electron chi connectivity index (χ4n) is 4.52. The van der Waals surface area contributed by atoms with Crippen LogP contribution >= 0.6 is 0 Å². The van der Waals surface area contributed by atoms with Crippen LogP contribution in [-0.4, -0.2) is 46.2 Å². The summed E-state index contributed by atoms with van der Waals surface area (Å²) in [5, 5.41) is 2.98. The first-order valence-corrected chi connectivity index (χ1v) is 12.3. The average Bonchev–Trinajstić information content (AvgIpc) is 3.46. The third kappa shape index (κ3) is 5.13. The Balaban J connectivity index is 1.56. The molecule has 36 heavy (non-hydrogen) atoms. The summed E-state index contributed by atoms with van der Waals surface area (Å²) in [4.78, 5) is 20.0. The van der Waals surface area contributed by atoms with Crippen LogP contribution in [0.1, 0.15) is 24.2 Å². The molecule has 2 aromatic carbocycles. The number of halogens is 1. The Labute approximate surface area is 217 Å². The molecule has 4 rings (SSSR count). The van der Waals surface area contributed by atoms with Crippen LogP contribution in [0.15, 0.2) is 48.6 Å². The first-order valence-electron chi connectivity index (χ1n) is 11.8. The van der Waals surface area contributed by atoms with Gasteiger partial charge in [-0.05, 0) is 0 Å². The molecule has 192 valence electrons. The number of nitrogens with two attached hydrogens (primary N) is 1. The number of benzene rings is 2. The van der Waals surface area contributed by atoms with Crippen molar-refractivity contribution < 1.29 is 29.0 Å². The van der Waals surface area contributed by atoms with Crippen LogP contribution in [0, 0.1) is 12.7 Å². The zero-order valence-corrected chi connectivity index (χ0v) is 21.5. The Morgan fingerprint density at radius 3 is 2.89 bits per heavy atom. The number of nitrogens with one attached hydrogen (secondary N) is 1. The molecule has 1 aromatic heterocycles. The molecule has 7 nitrogen and oxygen atoms in total. The van der Waals surface area contributed by atoms with Crippen LogP contribution in [-0.2, 0) is 26.9 Å². The summed E-state index contributed by atoms with van der Waals surface area (Å²) in [7, 11) is 3.46. The molecule has 0 saturated carbocycles. The van der Waals surface area contributed by atoms with Crippen LogP contribution in [0.4, 0.5) is 15.8 Å². The second-order valence-corrected chi connectivity index (χ2v) is 9.15. The Morgan fingerprint density at radius 1 is 1.33 bits per heavy atom. The van der Waals surface area contributed by atoms with Gasteiger partial charge in [0.25, 0.3) is 0 Å². The van der Waals surface area contributed by atoms with Crippen molar-refractivity contribution in [3.05, 3.63) is 65.8 Å². The minimum atomic E-state index is -0.396. The maximum atomic E-state index is 14.1. The molecular formula is C27H30FN5NiO2. The van der Waals surface area contributed by atoms with Gasteiger partial charge in [-0.2, -0.15) is 0 Å². The zero-order valence-electron chi connectivity index (χ0n) is 20.5. The van der Waals surface area contributed by atoms with Crippen molar-refractivity contribution in [1.82, 2.24) is 9.55 Å². The summed E-state index contributed by atoms with van der Waals surface area (Å²) in [6.07, 6.45) is 8.36. The number of anilines is 2. The monoisotopic (exact) mass is 533 g/mol. The number of hydrogen-bond acceptors (Lipinski definition) is 5. The van der Waals surface area contributed by atoms with Crippen molar-refractivity contribution in [3.8, 4) is 5.75 Å². The Kier molecular flexibility index (Phi) is 8.02. The number of aryl methyl sites for hydroxylation is 2. The van der Waals surface area contributed by atoms with E-state index < -0.39 is 5.82 Å². The molecule has 1 saturated heterocycles. The summed E-state index contributed by atoms with van der Waals surface area (Å²) >= 11 is 4.98. The number of rotatable bonds is 8. The summed E-state index contributed by atoms with van der Waals surface area (Å²) in [6, 6.07) is 8.65. The number of methoxy groups -OCH3 is 1. The number of carbonyl (C=O) groups is 1. The van der Waals surface area contributed by atoms with E-state index in [1.54, 1.807) is 30.4 Å². The zero-order chi connectivity index (χ0) is 25.8. The number of carbonyl (C=O) groups excluding carboxylic acids is 1. The predicted molar refractivity (Wildman–Crippen MR) is 140 cm³/mol. The summed E-state index contributed by atoms with van der Waals surface area (Å²) in [5.41, 5.74) is 9.73. The Hall–Kier alpha value is -3.29. The van der Waals surface area contributed by atoms with Crippen molar-refractivity contribution in [2.24, 2.45) is 12.8 Å². The molecular weight excluding hydrogens is 504 g/mol. The predicted octanol–water partition coefficient (Wildman–Crippen LogP) is 3.88. The van der Waals surface area contributed by atoms with Crippen LogP contribution in [0.2, 0.25) is 0 Å². The maximum absolute atomic E-state index is 14.1. The fraction of sp³-hybridized carbons (Fsp3) is 0.296. The molecule has 0 radical (unpaired) electrons. The van der Waals surface area contributed by atoms with Crippen LogP contribution in [0.3, 0.4) is 0 Å². The van der Waals surface area contributed by atoms with E-state index in [1.165, 1.54) is 19.3 Å². The van der Waals surface area contributed by atoms with Gasteiger partial charge in [0, 0.05) is 0 Å². The van der Waals surface area contributed by atoms with Crippen LogP contribution < -0.4 is 20.7 Å². The van der Waals surface area contributed by atoms with Gasteiger partial charge >= 0.3 is 218 Å². The third-order valence-corrected chi connectivity index (χ3v) is 6.87. The second kappa shape index (κ2) is 11.2. The molecule has 0 spiro atoms. The van der Waals surface area contributed by atoms with Gasteiger partial charge in [-0.3, -0.25) is 0 Å². The van der Waals surface area contributed by atoms with Gasteiger partial charge in [0.05, 0.1) is 0 Å². The van der Waals surface area contributed by atoms with E-state index >= 15 is 0 Å². The van der Waals surface area contributed by atoms with E-state index in [0.29, 0.717) is 23.5 Å². The van der Waals surface area contributed by atoms with Gasteiger partial charge in [-0.1, -0.05) is 0 Å². The standard InChI is InChI=1S/C27H30FN5O2.Ni/c1-18-30-26-23(32(18)2)15-14-22(27(26)33-16-8-9-19(33)17-29)31-25(34)13-6-4-5-10-20-21(28)11-7-12-24(20)35-3;/h4-7,10-12,14-15,19H,8-9,16-17,29H2,1-3H3,(H,31,34);/b6-4-,10-5?;/t19-;/m0./s1. The van der Waals surface area contributed by atoms with E-state index in [4.69, 9.17) is 30.5 Å². The molecule has 1 fully saturated rings. The molecule has 0 bridgehead atoms. The number of ether oxygens (including phenoxy) is 1. The van der Waals surface area contributed by atoms with Crippen LogP contribution in [0.25, 0.3) is 17.1 Å². The first kappa shape index (κ1) is 25.8. The molecule has 1 aliphatic rings. The van der Waals surface area contributed by atoms with E-state index in [1.807, 2.05) is 30.7 Å². The number of amides is 1. The third-order valence-electron chi connectivity index (χ3n) is 6.48. The van der Waals surface area contributed by atoms with Crippen molar-refractivity contribution in [3.63, 3.8) is 0 Å². The fourth-order valence-corrected chi connectivity index (χ4v) is 4.68. The topological polar surface area (TPSA) is 85.4 Å². The van der Waals surface area contributed by atoms with E-state index in [-0.39, 0.29) is 16.4 Å². The minimum absolute atomic E-state index is 0.139. The van der Waals surface area contributed by atoms with Gasteiger partial charge in [0.15, 0.2) is 0 Å². The molecule has 9 heteroatoms. The number of imidazole rings is 1. The molecule has 1 atom stereocenters. The number of fused-ring (bicyclic) bond motifs is 1. The summed E-state index contributed by atoms with van der Waals surface area (Å²) < 4.78 is 21.5. The molecule has 3 aromatic rings. The molecule has 0 unspecified atom stereocenters. The van der Waals surface area contributed by atoms with E-state index in [2.05, 4.69) is 10.2 Å². The van der Waals surface area contributed by atoms with Crippen molar-refractivity contribution in [2.75, 3.05) is 30.4 Å². The first-order chi connectivity index (χ1) is 17.3. The summed E-state index contributed by atoms with van der Waals surface area (Å²) in [6.45, 7) is 3.33. The van der Waals surface area contributed by atoms with Crippen molar-refractivity contribution >= 4 is 38.9 Å². The second-order valence-electron chi connectivity index (χ2n) is 8.62. The number of allylic oxidation sites excluding steroid dienone is 2. The normalized spacial score (nSPS) is 16.0. The molecule has 1 amide bonds. The van der Waals surface area contributed by atoms with Crippen molar-refractivity contribution in [2.45, 2.75) is 25.8 Å². The number of aromatic nitrogens is 2. The average molecular weight is 534 g/mol. The molecule has 3 N–H and O–H groups in total. The van der Waals surface area contributed by atoms with Gasteiger partial charge < -0.3 is 0 Å². The Morgan fingerprint density at radius 2 is 2.14 bits per heavy atom. The SMILES string of the molecule is COc1cccc(F)c1C=C/C=C\[C](=[Ni])C(=O)Nc1ccc2c(nc(C)n2C)c1N1CCC[C@H]1CN. The molecule has 1 aliphatic heterocycles. The summed E-state index contributed by atoms with van der Waals surface area (Å²) in [5.74, 6) is 0.526. The quantitative estimate of drug-likeness (QED) is 0.339. The van der Waals surface area contributed by atoms with Crippen LogP contribution in [0.5, 0.6) is 5.75 Å². The van der Waals surface area contributed by atoms with Gasteiger partial charge in [-0.25, -0.2) is 0 Å². The van der Waals surface area contributed by atoms with Gasteiger partial charge in [0.1, 0.15) is 0 Å². The van der Waals surface area contributed by atoms with Gasteiger partial charge in [0.2, 0.25) is 0 Å². The Bertz CT molecular complexity index is 1360. The molecule has 0 aliphatic carbocycles.